The van der Waals surface area contributed by atoms with Crippen molar-refractivity contribution in [2.45, 2.75) is 58.2 Å². The second-order valence-electron chi connectivity index (χ2n) is 8.53. The second kappa shape index (κ2) is 10.8. The summed E-state index contributed by atoms with van der Waals surface area (Å²) in [5, 5.41) is 17.8. The summed E-state index contributed by atoms with van der Waals surface area (Å²) in [4.78, 5) is 15.5. The number of pyridine rings is 1. The Labute approximate surface area is 194 Å². The Morgan fingerprint density at radius 1 is 1.30 bits per heavy atom. The molecular formula is C23H34N8O2. The Bertz CT molecular complexity index is 1070. The first-order chi connectivity index (χ1) is 16.1. The minimum Gasteiger partial charge on any atom is -0.495 e. The highest BCUT2D eigenvalue weighted by Gasteiger charge is 2.19. The molecule has 1 aliphatic carbocycles. The number of hydrogen-bond donors (Lipinski definition) is 3. The van der Waals surface area contributed by atoms with Gasteiger partial charge < -0.3 is 25.8 Å². The van der Waals surface area contributed by atoms with Crippen molar-refractivity contribution in [3.8, 4) is 5.75 Å². The first-order valence-electron chi connectivity index (χ1n) is 11.7. The van der Waals surface area contributed by atoms with Gasteiger partial charge in [-0.2, -0.15) is 10.1 Å². The number of rotatable bonds is 12. The molecule has 0 bridgehead atoms. The van der Waals surface area contributed by atoms with Gasteiger partial charge in [0.1, 0.15) is 17.0 Å². The van der Waals surface area contributed by atoms with Crippen LogP contribution in [0.2, 0.25) is 0 Å². The summed E-state index contributed by atoms with van der Waals surface area (Å²) in [5.74, 6) is 1.57. The van der Waals surface area contributed by atoms with E-state index in [9.17, 15) is 5.11 Å². The largest absolute Gasteiger partial charge is 0.495 e. The summed E-state index contributed by atoms with van der Waals surface area (Å²) in [7, 11) is 1.66. The van der Waals surface area contributed by atoms with Crippen LogP contribution in [-0.2, 0) is 13.1 Å². The first-order valence-corrected chi connectivity index (χ1v) is 11.7. The van der Waals surface area contributed by atoms with Gasteiger partial charge in [0.15, 0.2) is 11.3 Å². The van der Waals surface area contributed by atoms with Gasteiger partial charge in [0.05, 0.1) is 26.5 Å². The zero-order valence-electron chi connectivity index (χ0n) is 19.5. The Hall–Kier alpha value is -2.98. The number of nitrogen functional groups attached to an aromatic ring is 1. The number of nitrogens with zero attached hydrogens (tertiary/aromatic N) is 6. The molecular weight excluding hydrogens is 420 g/mol. The van der Waals surface area contributed by atoms with Crippen LogP contribution in [0.5, 0.6) is 5.75 Å². The van der Waals surface area contributed by atoms with E-state index in [1.807, 2.05) is 23.4 Å². The highest BCUT2D eigenvalue weighted by Crippen LogP contribution is 2.25. The van der Waals surface area contributed by atoms with E-state index < -0.39 is 0 Å². The number of nitrogens with two attached hydrogens (primary N) is 1. The fourth-order valence-corrected chi connectivity index (χ4v) is 3.99. The summed E-state index contributed by atoms with van der Waals surface area (Å²) in [6.45, 7) is 4.61. The van der Waals surface area contributed by atoms with E-state index in [0.29, 0.717) is 36.0 Å². The van der Waals surface area contributed by atoms with E-state index >= 15 is 0 Å². The SMILES string of the molecule is CCCCN(CCO)c1nc(N)nc2cn(Cc3ncc(CNC4CCC4)cc3OC)nc12. The number of methoxy groups -OCH3 is 1. The highest BCUT2D eigenvalue weighted by molar-refractivity contribution is 5.86. The van der Waals surface area contributed by atoms with E-state index in [1.54, 1.807) is 11.8 Å². The summed E-state index contributed by atoms with van der Waals surface area (Å²) >= 11 is 0. The molecule has 3 heterocycles. The molecule has 1 saturated carbocycles. The van der Waals surface area contributed by atoms with Gasteiger partial charge in [-0.15, -0.1) is 0 Å². The molecule has 0 radical (unpaired) electrons. The Balaban J connectivity index is 1.57. The number of aliphatic hydroxyl groups excluding tert-OH is 1. The average molecular weight is 455 g/mol. The summed E-state index contributed by atoms with van der Waals surface area (Å²) in [6, 6.07) is 2.66. The van der Waals surface area contributed by atoms with Crippen LogP contribution in [0.3, 0.4) is 0 Å². The lowest BCUT2D eigenvalue weighted by molar-refractivity contribution is 0.301. The molecule has 10 nitrogen and oxygen atoms in total. The van der Waals surface area contributed by atoms with Crippen molar-refractivity contribution in [2.75, 3.05) is 37.4 Å². The van der Waals surface area contributed by atoms with Gasteiger partial charge in [0, 0.05) is 31.9 Å². The molecule has 0 unspecified atom stereocenters. The van der Waals surface area contributed by atoms with Crippen LogP contribution in [0, 0.1) is 0 Å². The monoisotopic (exact) mass is 454 g/mol. The average Bonchev–Trinajstić information content (AvgIpc) is 3.18. The smallest absolute Gasteiger partial charge is 0.222 e. The minimum absolute atomic E-state index is 0.0267. The molecule has 0 aromatic carbocycles. The van der Waals surface area contributed by atoms with Gasteiger partial charge in [0.2, 0.25) is 5.95 Å². The lowest BCUT2D eigenvalue weighted by atomic mass is 9.93. The van der Waals surface area contributed by atoms with Gasteiger partial charge in [0.25, 0.3) is 0 Å². The lowest BCUT2D eigenvalue weighted by Crippen LogP contribution is -2.34. The maximum Gasteiger partial charge on any atom is 0.222 e. The molecule has 0 saturated heterocycles. The fraction of sp³-hybridized carbons (Fsp3) is 0.565. The molecule has 4 rings (SSSR count). The van der Waals surface area contributed by atoms with Crippen LogP contribution < -0.4 is 20.7 Å². The predicted molar refractivity (Wildman–Crippen MR) is 128 cm³/mol. The number of hydrogen-bond acceptors (Lipinski definition) is 9. The topological polar surface area (TPSA) is 127 Å². The number of nitrogens with one attached hydrogen (secondary N) is 1. The summed E-state index contributed by atoms with van der Waals surface area (Å²) in [6.07, 6.45) is 9.57. The molecule has 1 aliphatic rings. The fourth-order valence-electron chi connectivity index (χ4n) is 3.99. The van der Waals surface area contributed by atoms with Crippen LogP contribution in [0.1, 0.15) is 50.3 Å². The Morgan fingerprint density at radius 2 is 2.15 bits per heavy atom. The third-order valence-corrected chi connectivity index (χ3v) is 6.08. The van der Waals surface area contributed by atoms with Gasteiger partial charge in [-0.05, 0) is 30.9 Å². The van der Waals surface area contributed by atoms with Crippen LogP contribution in [0.4, 0.5) is 11.8 Å². The van der Waals surface area contributed by atoms with Crippen LogP contribution in [0.25, 0.3) is 11.0 Å². The zero-order valence-corrected chi connectivity index (χ0v) is 19.5. The molecule has 1 fully saturated rings. The van der Waals surface area contributed by atoms with Crippen molar-refractivity contribution < 1.29 is 9.84 Å². The van der Waals surface area contributed by atoms with Crippen molar-refractivity contribution in [3.05, 3.63) is 29.7 Å². The van der Waals surface area contributed by atoms with E-state index in [4.69, 9.17) is 15.6 Å². The van der Waals surface area contributed by atoms with E-state index in [2.05, 4.69) is 27.2 Å². The minimum atomic E-state index is 0.0267. The second-order valence-corrected chi connectivity index (χ2v) is 8.53. The molecule has 0 spiro atoms. The Kier molecular flexibility index (Phi) is 7.56. The third kappa shape index (κ3) is 5.51. The molecule has 3 aromatic heterocycles. The number of fused-ring (bicyclic) bond motifs is 1. The number of anilines is 2. The molecule has 178 valence electrons. The van der Waals surface area contributed by atoms with Crippen molar-refractivity contribution in [2.24, 2.45) is 0 Å². The third-order valence-electron chi connectivity index (χ3n) is 6.08. The van der Waals surface area contributed by atoms with Crippen molar-refractivity contribution in [1.29, 1.82) is 0 Å². The number of unbranched alkanes of at least 4 members (excludes halogenated alkanes) is 1. The van der Waals surface area contributed by atoms with Crippen LogP contribution in [0.15, 0.2) is 18.5 Å². The Morgan fingerprint density at radius 3 is 2.85 bits per heavy atom. The maximum absolute atomic E-state index is 9.54. The quantitative estimate of drug-likeness (QED) is 0.377. The van der Waals surface area contributed by atoms with Gasteiger partial charge in [-0.3, -0.25) is 9.67 Å². The number of ether oxygens (including phenoxy) is 1. The van der Waals surface area contributed by atoms with E-state index in [-0.39, 0.29) is 12.6 Å². The molecule has 33 heavy (non-hydrogen) atoms. The van der Waals surface area contributed by atoms with Crippen LogP contribution in [-0.4, -0.2) is 62.7 Å². The molecule has 3 aromatic rings. The molecule has 0 aliphatic heterocycles. The summed E-state index contributed by atoms with van der Waals surface area (Å²) in [5.41, 5.74) is 9.21. The van der Waals surface area contributed by atoms with Crippen LogP contribution >= 0.6 is 0 Å². The van der Waals surface area contributed by atoms with Gasteiger partial charge in [-0.25, -0.2) is 4.98 Å². The van der Waals surface area contributed by atoms with E-state index in [1.165, 1.54) is 19.3 Å². The van der Waals surface area contributed by atoms with Crippen molar-refractivity contribution >= 4 is 22.8 Å². The zero-order chi connectivity index (χ0) is 23.2. The maximum atomic E-state index is 9.54. The number of aliphatic hydroxyl groups is 1. The lowest BCUT2D eigenvalue weighted by Gasteiger charge is -2.26. The first kappa shape index (κ1) is 23.2. The van der Waals surface area contributed by atoms with E-state index in [0.717, 1.165) is 42.9 Å². The molecule has 0 amide bonds. The summed E-state index contributed by atoms with van der Waals surface area (Å²) < 4.78 is 7.41. The normalized spacial score (nSPS) is 13.9. The standard InChI is InChI=1S/C23H34N8O2/c1-3-4-8-30(9-10-32)22-21-19(27-23(24)28-22)15-31(29-21)14-18-20(33-2)11-16(13-26-18)12-25-17-6-5-7-17/h11,13,15,17,25,32H,3-10,12,14H2,1-2H3,(H2,24,27). The van der Waals surface area contributed by atoms with Crippen molar-refractivity contribution in [1.82, 2.24) is 30.0 Å². The number of aromatic nitrogens is 5. The molecule has 0 atom stereocenters. The van der Waals surface area contributed by atoms with Crippen molar-refractivity contribution in [3.63, 3.8) is 0 Å². The van der Waals surface area contributed by atoms with Gasteiger partial charge in [-0.1, -0.05) is 19.8 Å². The highest BCUT2D eigenvalue weighted by atomic mass is 16.5. The molecule has 4 N–H and O–H groups in total. The predicted octanol–water partition coefficient (Wildman–Crippen LogP) is 2.10. The molecule has 10 heteroatoms. The van der Waals surface area contributed by atoms with Gasteiger partial charge >= 0.3 is 0 Å².